The van der Waals surface area contributed by atoms with E-state index in [1.165, 1.54) is 11.1 Å². The predicted molar refractivity (Wildman–Crippen MR) is 91.7 cm³/mol. The Bertz CT molecular complexity index is 522. The lowest BCUT2D eigenvalue weighted by Gasteiger charge is -2.30. The van der Waals surface area contributed by atoms with Crippen LogP contribution in [0.2, 0.25) is 19.6 Å². The fraction of sp³-hybridized carbons (Fsp3) is 0.294. The number of alkyl halides is 1. The van der Waals surface area contributed by atoms with Crippen molar-refractivity contribution in [1.82, 2.24) is 0 Å². The molecule has 1 nitrogen and oxygen atoms in total. The molecular formula is C17H21BrOSi. The van der Waals surface area contributed by atoms with Crippen LogP contribution in [0.5, 0.6) is 0 Å². The van der Waals surface area contributed by atoms with Gasteiger partial charge in [0.25, 0.3) is 0 Å². The number of halogens is 1. The fourth-order valence-electron chi connectivity index (χ4n) is 2.13. The van der Waals surface area contributed by atoms with Crippen LogP contribution in [0.3, 0.4) is 0 Å². The first kappa shape index (κ1) is 15.5. The van der Waals surface area contributed by atoms with E-state index >= 15 is 0 Å². The molecular weight excluding hydrogens is 328 g/mol. The molecule has 2 rings (SSSR count). The molecule has 0 bridgehead atoms. The standard InChI is InChI=1S/C17H21BrOSi/c1-20(2,3)19-17(15-12-8-5-9-13-15)16(18)14-10-6-4-7-11-14/h4-13,16-17H,1-3H3. The van der Waals surface area contributed by atoms with Gasteiger partial charge < -0.3 is 4.43 Å². The van der Waals surface area contributed by atoms with Crippen molar-refractivity contribution in [3.8, 4) is 0 Å². The number of rotatable bonds is 5. The summed E-state index contributed by atoms with van der Waals surface area (Å²) in [6, 6.07) is 20.9. The van der Waals surface area contributed by atoms with Gasteiger partial charge in [-0.05, 0) is 30.8 Å². The molecule has 0 fully saturated rings. The van der Waals surface area contributed by atoms with Gasteiger partial charge in [-0.15, -0.1) is 0 Å². The molecule has 0 spiro atoms. The van der Waals surface area contributed by atoms with Crippen LogP contribution in [-0.4, -0.2) is 8.32 Å². The van der Waals surface area contributed by atoms with Crippen LogP contribution in [0, 0.1) is 0 Å². The van der Waals surface area contributed by atoms with Crippen molar-refractivity contribution in [2.24, 2.45) is 0 Å². The maximum atomic E-state index is 6.43. The van der Waals surface area contributed by atoms with Crippen LogP contribution in [-0.2, 0) is 4.43 Å². The van der Waals surface area contributed by atoms with Gasteiger partial charge in [0.1, 0.15) is 0 Å². The molecule has 0 aliphatic rings. The number of hydrogen-bond donors (Lipinski definition) is 0. The maximum Gasteiger partial charge on any atom is 0.184 e. The lowest BCUT2D eigenvalue weighted by atomic mass is 10.0. The second-order valence-electron chi connectivity index (χ2n) is 5.87. The first-order valence-electron chi connectivity index (χ1n) is 6.89. The Kier molecular flexibility index (Phi) is 5.19. The molecule has 0 aliphatic heterocycles. The number of benzene rings is 2. The SMILES string of the molecule is C[Si](C)(C)OC(c1ccccc1)C(Br)c1ccccc1. The zero-order chi connectivity index (χ0) is 14.6. The third kappa shape index (κ3) is 4.30. The zero-order valence-corrected chi connectivity index (χ0v) is 14.8. The van der Waals surface area contributed by atoms with E-state index in [2.05, 4.69) is 84.1 Å². The largest absolute Gasteiger partial charge is 0.409 e. The molecule has 106 valence electrons. The predicted octanol–water partition coefficient (Wildman–Crippen LogP) is 5.72. The van der Waals surface area contributed by atoms with E-state index in [1.807, 2.05) is 12.1 Å². The van der Waals surface area contributed by atoms with Crippen LogP contribution >= 0.6 is 15.9 Å². The Labute approximate surface area is 131 Å². The summed E-state index contributed by atoms with van der Waals surface area (Å²) < 4.78 is 6.43. The minimum Gasteiger partial charge on any atom is -0.409 e. The Hall–Kier alpha value is -0.903. The Balaban J connectivity index is 2.32. The van der Waals surface area contributed by atoms with Gasteiger partial charge in [-0.3, -0.25) is 0 Å². The normalized spacial score (nSPS) is 14.8. The summed E-state index contributed by atoms with van der Waals surface area (Å²) in [4.78, 5) is 0.165. The minimum absolute atomic E-state index is 0.0465. The molecule has 0 N–H and O–H groups in total. The Morgan fingerprint density at radius 2 is 1.25 bits per heavy atom. The van der Waals surface area contributed by atoms with E-state index in [9.17, 15) is 0 Å². The van der Waals surface area contributed by atoms with Gasteiger partial charge in [0.2, 0.25) is 0 Å². The number of hydrogen-bond acceptors (Lipinski definition) is 1. The molecule has 0 saturated heterocycles. The van der Waals surface area contributed by atoms with Crippen LogP contribution in [0.25, 0.3) is 0 Å². The van der Waals surface area contributed by atoms with Crippen LogP contribution < -0.4 is 0 Å². The lowest BCUT2D eigenvalue weighted by molar-refractivity contribution is 0.197. The fourth-order valence-corrected chi connectivity index (χ4v) is 4.08. The van der Waals surface area contributed by atoms with E-state index in [0.717, 1.165) is 0 Å². The van der Waals surface area contributed by atoms with Gasteiger partial charge in [-0.25, -0.2) is 0 Å². The summed E-state index contributed by atoms with van der Waals surface area (Å²) in [5.74, 6) is 0. The molecule has 20 heavy (non-hydrogen) atoms. The van der Waals surface area contributed by atoms with E-state index in [1.54, 1.807) is 0 Å². The second kappa shape index (κ2) is 6.70. The van der Waals surface area contributed by atoms with Crippen molar-refractivity contribution >= 4 is 24.2 Å². The van der Waals surface area contributed by atoms with E-state index in [-0.39, 0.29) is 10.9 Å². The third-order valence-electron chi connectivity index (χ3n) is 2.99. The summed E-state index contributed by atoms with van der Waals surface area (Å²) in [5.41, 5.74) is 2.47. The molecule has 0 aliphatic carbocycles. The molecule has 0 amide bonds. The van der Waals surface area contributed by atoms with Crippen LogP contribution in [0.4, 0.5) is 0 Å². The molecule has 2 aromatic carbocycles. The minimum atomic E-state index is -1.63. The molecule has 0 aromatic heterocycles. The van der Waals surface area contributed by atoms with E-state index < -0.39 is 8.32 Å². The first-order chi connectivity index (χ1) is 9.47. The van der Waals surface area contributed by atoms with Gasteiger partial charge >= 0.3 is 0 Å². The van der Waals surface area contributed by atoms with Crippen molar-refractivity contribution in [1.29, 1.82) is 0 Å². The summed E-state index contributed by atoms with van der Waals surface area (Å²) in [5, 5.41) is 0. The maximum absolute atomic E-state index is 6.43. The molecule has 3 heteroatoms. The molecule has 0 radical (unpaired) electrons. The van der Waals surface area contributed by atoms with Crippen molar-refractivity contribution in [3.05, 3.63) is 71.8 Å². The van der Waals surface area contributed by atoms with Crippen molar-refractivity contribution in [2.75, 3.05) is 0 Å². The first-order valence-corrected chi connectivity index (χ1v) is 11.2. The van der Waals surface area contributed by atoms with Crippen molar-refractivity contribution < 1.29 is 4.43 Å². The highest BCUT2D eigenvalue weighted by Crippen LogP contribution is 2.40. The smallest absolute Gasteiger partial charge is 0.184 e. The highest BCUT2D eigenvalue weighted by atomic mass is 79.9. The highest BCUT2D eigenvalue weighted by molar-refractivity contribution is 9.09. The summed E-state index contributed by atoms with van der Waals surface area (Å²) in [7, 11) is -1.63. The molecule has 0 heterocycles. The van der Waals surface area contributed by atoms with Crippen molar-refractivity contribution in [3.63, 3.8) is 0 Å². The van der Waals surface area contributed by atoms with Gasteiger partial charge in [-0.2, -0.15) is 0 Å². The van der Waals surface area contributed by atoms with Crippen LogP contribution in [0.15, 0.2) is 60.7 Å². The van der Waals surface area contributed by atoms with Gasteiger partial charge in [-0.1, -0.05) is 76.6 Å². The van der Waals surface area contributed by atoms with Gasteiger partial charge in [0, 0.05) is 0 Å². The van der Waals surface area contributed by atoms with Gasteiger partial charge in [0.05, 0.1) is 10.9 Å². The van der Waals surface area contributed by atoms with E-state index in [4.69, 9.17) is 4.43 Å². The Morgan fingerprint density at radius 3 is 1.70 bits per heavy atom. The third-order valence-corrected chi connectivity index (χ3v) is 4.96. The van der Waals surface area contributed by atoms with Crippen molar-refractivity contribution in [2.45, 2.75) is 30.6 Å². The van der Waals surface area contributed by atoms with E-state index in [0.29, 0.717) is 0 Å². The molecule has 2 atom stereocenters. The summed E-state index contributed by atoms with van der Waals surface area (Å²) in [6.07, 6.45) is 0.0465. The molecule has 2 unspecified atom stereocenters. The lowest BCUT2D eigenvalue weighted by Crippen LogP contribution is -2.29. The zero-order valence-electron chi connectivity index (χ0n) is 12.2. The van der Waals surface area contributed by atoms with Crippen LogP contribution in [0.1, 0.15) is 22.1 Å². The summed E-state index contributed by atoms with van der Waals surface area (Å²) in [6.45, 7) is 6.69. The molecule has 0 saturated carbocycles. The summed E-state index contributed by atoms with van der Waals surface area (Å²) >= 11 is 3.84. The second-order valence-corrected chi connectivity index (χ2v) is 11.3. The monoisotopic (exact) mass is 348 g/mol. The average molecular weight is 349 g/mol. The Morgan fingerprint density at radius 1 is 0.800 bits per heavy atom. The quantitative estimate of drug-likeness (QED) is 0.496. The van der Waals surface area contributed by atoms with Gasteiger partial charge in [0.15, 0.2) is 8.32 Å². The molecule has 2 aromatic rings. The topological polar surface area (TPSA) is 9.23 Å². The average Bonchev–Trinajstić information content (AvgIpc) is 2.45. The highest BCUT2D eigenvalue weighted by Gasteiger charge is 2.28.